The van der Waals surface area contributed by atoms with Gasteiger partial charge < -0.3 is 39.8 Å². The summed E-state index contributed by atoms with van der Waals surface area (Å²) in [5, 5.41) is 30.4. The van der Waals surface area contributed by atoms with Crippen molar-refractivity contribution in [2.45, 2.75) is 165 Å². The number of anilines is 2. The molecule has 6 fully saturated rings. The maximum absolute atomic E-state index is 14.6. The van der Waals surface area contributed by atoms with E-state index in [1.165, 1.54) is 0 Å². The Balaban J connectivity index is 0.000000157. The highest BCUT2D eigenvalue weighted by Gasteiger charge is 2.74. The molecule has 25 heteroatoms. The minimum atomic E-state index is -1.00. The van der Waals surface area contributed by atoms with Crippen LogP contribution < -0.4 is 27.9 Å². The van der Waals surface area contributed by atoms with Crippen molar-refractivity contribution in [3.05, 3.63) is 149 Å². The number of carboxylic acid groups (broad SMARTS) is 1. The number of ether oxygens (including phenoxy) is 2. The number of rotatable bonds is 8. The van der Waals surface area contributed by atoms with Crippen molar-refractivity contribution in [1.82, 2.24) is 30.4 Å². The van der Waals surface area contributed by atoms with Gasteiger partial charge in [0.25, 0.3) is 0 Å². The van der Waals surface area contributed by atoms with E-state index in [0.29, 0.717) is 70.8 Å². The molecule has 6 aromatic rings. The van der Waals surface area contributed by atoms with Crippen LogP contribution >= 0.6 is 58.8 Å². The number of hydrogen-bond acceptors (Lipinski definition) is 15. The number of nitrogens with two attached hydrogens (primary N) is 1. The molecule has 10 atom stereocenters. The van der Waals surface area contributed by atoms with E-state index < -0.39 is 68.9 Å². The van der Waals surface area contributed by atoms with E-state index in [1.54, 1.807) is 36.7 Å². The van der Waals surface area contributed by atoms with Crippen molar-refractivity contribution in [1.29, 1.82) is 0 Å². The van der Waals surface area contributed by atoms with E-state index >= 15 is 0 Å². The summed E-state index contributed by atoms with van der Waals surface area (Å²) in [6, 6.07) is 18.5. The normalized spacial score (nSPS) is 29.7. The van der Waals surface area contributed by atoms with Gasteiger partial charge in [-0.25, -0.2) is 29.8 Å². The van der Waals surface area contributed by atoms with Gasteiger partial charge in [-0.1, -0.05) is 86.2 Å². The fraction of sp³-hybridized carbons (Fsp3) is 0.538. The molecule has 14 rings (SSSR count). The zero-order valence-electron chi connectivity index (χ0n) is 50.4. The molecule has 2 aromatic carbocycles. The molecule has 8 heterocycles. The van der Waals surface area contributed by atoms with Crippen LogP contribution in [0.25, 0.3) is 0 Å². The zero-order chi connectivity index (χ0) is 63.0. The van der Waals surface area contributed by atoms with Crippen LogP contribution in [0.2, 0.25) is 20.4 Å². The van der Waals surface area contributed by atoms with Crippen LogP contribution in [0.4, 0.5) is 11.4 Å². The first kappa shape index (κ1) is 65.5. The summed E-state index contributed by atoms with van der Waals surface area (Å²) in [7, 11) is 0. The lowest BCUT2D eigenvalue weighted by atomic mass is 9.51. The number of nitrogens with zero attached hydrogens (tertiary/aromatic N) is 4. The Morgan fingerprint density at radius 1 is 0.600 bits per heavy atom. The number of aliphatic carboxylic acids is 1. The van der Waals surface area contributed by atoms with E-state index in [-0.39, 0.29) is 64.8 Å². The SMILES string of the molecule is CC1(C)CCC2(CC1)C[C@@H](C(=O)C[C@@H]1CC[C@@H](c3n[nH]c(=O)o3)OC1)[C@H](c1ccnc(Cl)c1)[C@]21C(=O)Nc2cc(Cl)ccc21.CC1(C)CCC2(CC1)C[C@@H](C(=O)O)[C@H](c1ccnc(Cl)c1)[C@]21C(=O)Nc2cc(Cl)ccc21.Cl.N[C@@H]1CC[C@@H](c2n[nH]c(=O)o2)OC1. The van der Waals surface area contributed by atoms with E-state index in [4.69, 9.17) is 70.4 Å². The third-order valence-electron chi connectivity index (χ3n) is 21.4. The lowest BCUT2D eigenvalue weighted by Crippen LogP contribution is -2.52. The summed E-state index contributed by atoms with van der Waals surface area (Å²) in [6.45, 7) is 9.92. The summed E-state index contributed by atoms with van der Waals surface area (Å²) in [6.07, 6.45) is 14.1. The second kappa shape index (κ2) is 25.2. The number of carbonyl (C=O) groups is 4. The number of nitrogens with one attached hydrogen (secondary N) is 4. The fourth-order valence-electron chi connectivity index (χ4n) is 17.0. The molecule has 4 aliphatic heterocycles. The van der Waals surface area contributed by atoms with E-state index in [9.17, 15) is 33.9 Å². The molecule has 0 unspecified atom stereocenters. The van der Waals surface area contributed by atoms with Gasteiger partial charge in [0.2, 0.25) is 23.6 Å². The number of pyridine rings is 2. The third-order valence-corrected chi connectivity index (χ3v) is 22.2. The third kappa shape index (κ3) is 11.8. The highest BCUT2D eigenvalue weighted by molar-refractivity contribution is 6.32. The number of halogens is 5. The number of aromatic amines is 2. The van der Waals surface area contributed by atoms with Gasteiger partial charge in [0.1, 0.15) is 28.3 Å². The number of hydrogen-bond donors (Lipinski definition) is 6. The largest absolute Gasteiger partial charge is 0.481 e. The molecule has 20 nitrogen and oxygen atoms in total. The summed E-state index contributed by atoms with van der Waals surface area (Å²) in [5.41, 5.74) is 7.91. The number of benzene rings is 2. The molecular weight excluding hydrogens is 1260 g/mol. The quantitative estimate of drug-likeness (QED) is 0.0772. The van der Waals surface area contributed by atoms with Crippen molar-refractivity contribution in [3.8, 4) is 0 Å². The Bertz CT molecular complexity index is 3810. The molecule has 2 amide bonds. The average Bonchev–Trinajstić information content (AvgIpc) is 1.51. The van der Waals surface area contributed by atoms with Crippen LogP contribution in [0.3, 0.4) is 0 Å². The molecule has 0 radical (unpaired) electrons. The number of H-pyrrole nitrogens is 2. The van der Waals surface area contributed by atoms with Gasteiger partial charge in [0.05, 0.1) is 30.0 Å². The van der Waals surface area contributed by atoms with Gasteiger partial charge in [-0.15, -0.1) is 22.6 Å². The lowest BCUT2D eigenvalue weighted by molar-refractivity contribution is -0.142. The minimum Gasteiger partial charge on any atom is -0.481 e. The Kier molecular flexibility index (Phi) is 18.3. The molecule has 90 heavy (non-hydrogen) atoms. The first-order chi connectivity index (χ1) is 42.4. The van der Waals surface area contributed by atoms with Crippen molar-refractivity contribution >= 4 is 93.8 Å². The van der Waals surface area contributed by atoms with Gasteiger partial charge in [0, 0.05) is 64.0 Å². The first-order valence-electron chi connectivity index (χ1n) is 30.7. The summed E-state index contributed by atoms with van der Waals surface area (Å²) in [5.74, 6) is -3.61. The molecule has 4 aliphatic carbocycles. The van der Waals surface area contributed by atoms with Crippen LogP contribution in [-0.2, 0) is 39.5 Å². The highest BCUT2D eigenvalue weighted by Crippen LogP contribution is 2.74. The van der Waals surface area contributed by atoms with E-state index in [2.05, 4.69) is 68.7 Å². The van der Waals surface area contributed by atoms with E-state index in [0.717, 1.165) is 98.6 Å². The monoisotopic (exact) mass is 1330 g/mol. The van der Waals surface area contributed by atoms with E-state index in [1.807, 2.05) is 36.4 Å². The first-order valence-corrected chi connectivity index (χ1v) is 32.2. The van der Waals surface area contributed by atoms with Crippen LogP contribution in [-0.4, -0.2) is 78.3 Å². The van der Waals surface area contributed by atoms with Gasteiger partial charge in [0.15, 0.2) is 0 Å². The smallest absolute Gasteiger partial charge is 0.434 e. The Hall–Kier alpha value is -5.97. The predicted molar refractivity (Wildman–Crippen MR) is 339 cm³/mol. The molecule has 8 aliphatic rings. The van der Waals surface area contributed by atoms with Gasteiger partial charge in [-0.05, 0) is 188 Å². The Labute approximate surface area is 546 Å². The fourth-order valence-corrected chi connectivity index (χ4v) is 17.7. The second-order valence-electron chi connectivity index (χ2n) is 27.5. The molecular formula is C65H74Cl5N9O11. The number of amides is 2. The number of ketones is 1. The number of aromatic nitrogens is 6. The Morgan fingerprint density at radius 3 is 1.44 bits per heavy atom. The second-order valence-corrected chi connectivity index (χ2v) is 29.2. The molecule has 480 valence electrons. The molecule has 4 aromatic heterocycles. The zero-order valence-corrected chi connectivity index (χ0v) is 54.2. The van der Waals surface area contributed by atoms with Gasteiger partial charge in [-0.2, -0.15) is 0 Å². The van der Waals surface area contributed by atoms with Crippen LogP contribution in [0.5, 0.6) is 0 Å². The summed E-state index contributed by atoms with van der Waals surface area (Å²) < 4.78 is 21.2. The molecule has 0 bridgehead atoms. The number of fused-ring (bicyclic) bond motifs is 6. The summed E-state index contributed by atoms with van der Waals surface area (Å²) >= 11 is 25.4. The van der Waals surface area contributed by atoms with Crippen LogP contribution in [0.1, 0.15) is 182 Å². The van der Waals surface area contributed by atoms with Gasteiger partial charge in [-0.3, -0.25) is 19.2 Å². The highest BCUT2D eigenvalue weighted by atomic mass is 35.5. The molecule has 4 saturated carbocycles. The standard InChI is InChI=1S/C33H36Cl2N4O5.C25H26Cl2N2O3.C7H11N3O3.ClH/c1-31(2)8-10-32(11-9-31)16-21(24(40)13-18-3-6-25(43-17-18)28-38-39-30(42)44-28)27(19-7-12-36-26(35)14-19)33(32)22-5-4-20(34)15-23(22)37-29(33)41;1-23(2)6-8-24(9-7-23)13-16(21(30)31)20(14-5-10-28-19(27)11-14)25(24)17-4-3-15(26)12-18(17)29-22(25)32;8-4-1-2-5(12-3-4)6-9-10-7(11)13-6;/h4-5,7,12,14-15,18,21,25,27H,3,6,8-11,13,16-17H2,1-2H3,(H,37,41)(H,39,42);3-5,10-12,16,20H,6-9,13H2,1-2H3,(H,29,32)(H,30,31);4-5H,1-3,8H2,(H,10,11);1H/t18-,21-,25-,27-,33+;16-,20+,25-;4-,5+;/m011./s1. The molecule has 2 saturated heterocycles. The van der Waals surface area contributed by atoms with Crippen molar-refractivity contribution < 1.29 is 42.6 Å². The maximum Gasteiger partial charge on any atom is 0.434 e. The maximum atomic E-state index is 14.6. The number of carbonyl (C=O) groups excluding carboxylic acids is 3. The summed E-state index contributed by atoms with van der Waals surface area (Å²) in [4.78, 5) is 86.2. The van der Waals surface area contributed by atoms with Crippen molar-refractivity contribution in [2.75, 3.05) is 23.8 Å². The molecule has 7 N–H and O–H groups in total. The van der Waals surface area contributed by atoms with Crippen LogP contribution in [0.15, 0.2) is 91.5 Å². The van der Waals surface area contributed by atoms with Crippen molar-refractivity contribution in [2.24, 2.45) is 45.1 Å². The topological polar surface area (TPSA) is 301 Å². The van der Waals surface area contributed by atoms with Crippen molar-refractivity contribution in [3.63, 3.8) is 0 Å². The average molecular weight is 1330 g/mol. The number of carboxylic acids is 1. The Morgan fingerprint density at radius 2 is 1.04 bits per heavy atom. The molecule has 4 spiro atoms. The number of Topliss-reactive ketones (excluding diaryl/α,β-unsaturated/α-hetero) is 1. The predicted octanol–water partition coefficient (Wildman–Crippen LogP) is 12.8. The van der Waals surface area contributed by atoms with Crippen LogP contribution in [0, 0.1) is 39.4 Å². The van der Waals surface area contributed by atoms with Gasteiger partial charge >= 0.3 is 17.5 Å². The minimum absolute atomic E-state index is 0. The lowest BCUT2D eigenvalue weighted by Gasteiger charge is -2.51.